The number of halogens is 1. The smallest absolute Gasteiger partial charge is 0.255 e. The summed E-state index contributed by atoms with van der Waals surface area (Å²) in [6.45, 7) is 0.623. The number of carbonyl (C=O) groups is 1. The number of benzene rings is 3. The van der Waals surface area contributed by atoms with Gasteiger partial charge in [-0.25, -0.2) is 0 Å². The van der Waals surface area contributed by atoms with Gasteiger partial charge < -0.3 is 19.5 Å². The van der Waals surface area contributed by atoms with Gasteiger partial charge in [-0.1, -0.05) is 54.1 Å². The lowest BCUT2D eigenvalue weighted by molar-refractivity contribution is 0.0946. The van der Waals surface area contributed by atoms with Crippen molar-refractivity contribution in [3.63, 3.8) is 0 Å². The molecule has 0 aliphatic carbocycles. The average Bonchev–Trinajstić information content (AvgIpc) is 2.77. The highest BCUT2D eigenvalue weighted by Crippen LogP contribution is 2.33. The molecule has 0 aliphatic rings. The van der Waals surface area contributed by atoms with Crippen LogP contribution < -0.4 is 19.5 Å². The highest BCUT2D eigenvalue weighted by molar-refractivity contribution is 6.31. The van der Waals surface area contributed by atoms with Crippen LogP contribution in [0.25, 0.3) is 0 Å². The third-order valence-corrected chi connectivity index (χ3v) is 4.71. The van der Waals surface area contributed by atoms with Gasteiger partial charge in [0.05, 0.1) is 19.8 Å². The molecule has 0 saturated carbocycles. The van der Waals surface area contributed by atoms with Crippen LogP contribution in [0.5, 0.6) is 17.2 Å². The fourth-order valence-electron chi connectivity index (χ4n) is 2.82. The molecule has 1 N–H and O–H groups in total. The number of amides is 1. The van der Waals surface area contributed by atoms with Crippen LogP contribution in [0.15, 0.2) is 66.7 Å². The SMILES string of the molecule is COc1cc(Cl)c(CNC(=O)c2ccccc2OCc2ccccc2)cc1OC. The fraction of sp³-hybridized carbons (Fsp3) is 0.174. The summed E-state index contributed by atoms with van der Waals surface area (Å²) in [6.07, 6.45) is 0. The first-order valence-electron chi connectivity index (χ1n) is 9.06. The number of hydrogen-bond acceptors (Lipinski definition) is 4. The lowest BCUT2D eigenvalue weighted by atomic mass is 10.1. The molecule has 0 bridgehead atoms. The molecule has 0 radical (unpaired) electrons. The minimum atomic E-state index is -0.250. The average molecular weight is 412 g/mol. The van der Waals surface area contributed by atoms with Gasteiger partial charge in [-0.05, 0) is 29.3 Å². The van der Waals surface area contributed by atoms with Gasteiger partial charge in [0.15, 0.2) is 11.5 Å². The zero-order chi connectivity index (χ0) is 20.6. The van der Waals surface area contributed by atoms with Crippen LogP contribution in [0.4, 0.5) is 0 Å². The van der Waals surface area contributed by atoms with Crippen LogP contribution in [0.2, 0.25) is 5.02 Å². The molecule has 0 saturated heterocycles. The minimum Gasteiger partial charge on any atom is -0.493 e. The number of hydrogen-bond donors (Lipinski definition) is 1. The molecule has 150 valence electrons. The van der Waals surface area contributed by atoms with Crippen LogP contribution in [-0.4, -0.2) is 20.1 Å². The zero-order valence-electron chi connectivity index (χ0n) is 16.3. The molecule has 0 atom stereocenters. The largest absolute Gasteiger partial charge is 0.493 e. The molecule has 0 spiro atoms. The van der Waals surface area contributed by atoms with Gasteiger partial charge in [0.2, 0.25) is 0 Å². The van der Waals surface area contributed by atoms with Crippen molar-refractivity contribution in [2.45, 2.75) is 13.2 Å². The second-order valence-electron chi connectivity index (χ2n) is 6.25. The predicted molar refractivity (Wildman–Crippen MR) is 113 cm³/mol. The quantitative estimate of drug-likeness (QED) is 0.574. The van der Waals surface area contributed by atoms with Crippen LogP contribution in [0.1, 0.15) is 21.5 Å². The third-order valence-electron chi connectivity index (χ3n) is 4.36. The zero-order valence-corrected chi connectivity index (χ0v) is 17.0. The number of methoxy groups -OCH3 is 2. The monoisotopic (exact) mass is 411 g/mol. The topological polar surface area (TPSA) is 56.8 Å². The molecule has 0 heterocycles. The summed E-state index contributed by atoms with van der Waals surface area (Å²) in [7, 11) is 3.09. The van der Waals surface area contributed by atoms with Crippen molar-refractivity contribution in [1.29, 1.82) is 0 Å². The van der Waals surface area contributed by atoms with Crippen LogP contribution >= 0.6 is 11.6 Å². The maximum absolute atomic E-state index is 12.7. The lowest BCUT2D eigenvalue weighted by Gasteiger charge is -2.14. The molecular weight excluding hydrogens is 390 g/mol. The molecule has 0 aromatic heterocycles. The van der Waals surface area contributed by atoms with Crippen LogP contribution in [0, 0.1) is 0 Å². The van der Waals surface area contributed by atoms with E-state index in [0.29, 0.717) is 34.4 Å². The Kier molecular flexibility index (Phi) is 6.98. The van der Waals surface area contributed by atoms with Crippen molar-refractivity contribution in [1.82, 2.24) is 5.32 Å². The van der Waals surface area contributed by atoms with E-state index in [-0.39, 0.29) is 12.5 Å². The molecule has 3 aromatic carbocycles. The van der Waals surface area contributed by atoms with Crippen molar-refractivity contribution < 1.29 is 19.0 Å². The molecule has 0 unspecified atom stereocenters. The van der Waals surface area contributed by atoms with E-state index in [2.05, 4.69) is 5.32 Å². The van der Waals surface area contributed by atoms with Crippen molar-refractivity contribution in [2.24, 2.45) is 0 Å². The number of ether oxygens (including phenoxy) is 3. The molecule has 0 aliphatic heterocycles. The van der Waals surface area contributed by atoms with Gasteiger partial charge in [-0.15, -0.1) is 0 Å². The van der Waals surface area contributed by atoms with Gasteiger partial charge in [-0.3, -0.25) is 4.79 Å². The summed E-state index contributed by atoms with van der Waals surface area (Å²) in [5, 5.41) is 3.37. The summed E-state index contributed by atoms with van der Waals surface area (Å²) in [6, 6.07) is 20.4. The fourth-order valence-corrected chi connectivity index (χ4v) is 3.04. The second-order valence-corrected chi connectivity index (χ2v) is 6.66. The first-order chi connectivity index (χ1) is 14.1. The Morgan fingerprint density at radius 2 is 1.55 bits per heavy atom. The second kappa shape index (κ2) is 9.85. The maximum Gasteiger partial charge on any atom is 0.255 e. The van der Waals surface area contributed by atoms with Gasteiger partial charge in [0.1, 0.15) is 12.4 Å². The summed E-state index contributed by atoms with van der Waals surface area (Å²) < 4.78 is 16.4. The van der Waals surface area contributed by atoms with Crippen molar-refractivity contribution in [2.75, 3.05) is 14.2 Å². The molecule has 3 aromatic rings. The molecule has 29 heavy (non-hydrogen) atoms. The van der Waals surface area contributed by atoms with Gasteiger partial charge in [-0.2, -0.15) is 0 Å². The van der Waals surface area contributed by atoms with Gasteiger partial charge in [0, 0.05) is 17.6 Å². The van der Waals surface area contributed by atoms with Crippen LogP contribution in [0.3, 0.4) is 0 Å². The van der Waals surface area contributed by atoms with E-state index < -0.39 is 0 Å². The first kappa shape index (κ1) is 20.6. The van der Waals surface area contributed by atoms with Crippen molar-refractivity contribution in [3.05, 3.63) is 88.4 Å². The van der Waals surface area contributed by atoms with Gasteiger partial charge in [0.25, 0.3) is 5.91 Å². The van der Waals surface area contributed by atoms with E-state index in [1.54, 1.807) is 44.6 Å². The van der Waals surface area contributed by atoms with E-state index in [1.807, 2.05) is 36.4 Å². The number of carbonyl (C=O) groups excluding carboxylic acids is 1. The molecule has 1 amide bonds. The Hall–Kier alpha value is -3.18. The molecule has 5 nitrogen and oxygen atoms in total. The summed E-state index contributed by atoms with van der Waals surface area (Å²) in [5.74, 6) is 1.35. The van der Waals surface area contributed by atoms with E-state index >= 15 is 0 Å². The molecular formula is C23H22ClNO4. The van der Waals surface area contributed by atoms with Gasteiger partial charge >= 0.3 is 0 Å². The first-order valence-corrected chi connectivity index (χ1v) is 9.44. The number of rotatable bonds is 8. The molecule has 3 rings (SSSR count). The summed E-state index contributed by atoms with van der Waals surface area (Å²) in [4.78, 5) is 12.7. The Morgan fingerprint density at radius 1 is 0.897 bits per heavy atom. The Labute approximate surface area is 175 Å². The van der Waals surface area contributed by atoms with Crippen LogP contribution in [-0.2, 0) is 13.2 Å². The highest BCUT2D eigenvalue weighted by Gasteiger charge is 2.14. The summed E-state index contributed by atoms with van der Waals surface area (Å²) >= 11 is 6.30. The highest BCUT2D eigenvalue weighted by atomic mass is 35.5. The summed E-state index contributed by atoms with van der Waals surface area (Å²) in [5.41, 5.74) is 2.21. The normalized spacial score (nSPS) is 10.3. The predicted octanol–water partition coefficient (Wildman–Crippen LogP) is 4.87. The van der Waals surface area contributed by atoms with E-state index in [0.717, 1.165) is 11.1 Å². The lowest BCUT2D eigenvalue weighted by Crippen LogP contribution is -2.23. The Balaban J connectivity index is 1.70. The molecule has 6 heteroatoms. The third kappa shape index (κ3) is 5.21. The Morgan fingerprint density at radius 3 is 2.28 bits per heavy atom. The Bertz CT molecular complexity index is 976. The standard InChI is InChI=1S/C23H22ClNO4/c1-27-21-12-17(19(24)13-22(21)28-2)14-25-23(26)18-10-6-7-11-20(18)29-15-16-8-4-3-5-9-16/h3-13H,14-15H2,1-2H3,(H,25,26). The van der Waals surface area contributed by atoms with E-state index in [9.17, 15) is 4.79 Å². The van der Waals surface area contributed by atoms with E-state index in [4.69, 9.17) is 25.8 Å². The van der Waals surface area contributed by atoms with E-state index in [1.165, 1.54) is 0 Å². The number of nitrogens with one attached hydrogen (secondary N) is 1. The molecule has 0 fully saturated rings. The van der Waals surface area contributed by atoms with Crippen molar-refractivity contribution >= 4 is 17.5 Å². The van der Waals surface area contributed by atoms with Crippen molar-refractivity contribution in [3.8, 4) is 17.2 Å². The minimum absolute atomic E-state index is 0.241. The maximum atomic E-state index is 12.7. The number of para-hydroxylation sites is 1.